The summed E-state index contributed by atoms with van der Waals surface area (Å²) >= 11 is 0. The molecule has 4 rings (SSSR count). The molecule has 1 aliphatic rings. The molecule has 2 unspecified atom stereocenters. The van der Waals surface area contributed by atoms with E-state index in [1.807, 2.05) is 43.5 Å². The lowest BCUT2D eigenvalue weighted by Crippen LogP contribution is -2.33. The van der Waals surface area contributed by atoms with Gasteiger partial charge in [-0.05, 0) is 36.8 Å². The van der Waals surface area contributed by atoms with Crippen molar-refractivity contribution < 1.29 is 9.59 Å². The minimum Gasteiger partial charge on any atom is -0.320 e. The second kappa shape index (κ2) is 6.14. The molecule has 0 radical (unpaired) electrons. The third-order valence-electron chi connectivity index (χ3n) is 4.51. The maximum Gasteiger partial charge on any atom is 0.325 e. The van der Waals surface area contributed by atoms with Gasteiger partial charge >= 0.3 is 6.03 Å². The van der Waals surface area contributed by atoms with E-state index in [0.29, 0.717) is 5.69 Å². The van der Waals surface area contributed by atoms with Crippen LogP contribution in [0.4, 0.5) is 4.79 Å². The largest absolute Gasteiger partial charge is 0.325 e. The monoisotopic (exact) mass is 350 g/mol. The number of nitrogens with one attached hydrogen (secondary N) is 1. The molecule has 26 heavy (non-hydrogen) atoms. The summed E-state index contributed by atoms with van der Waals surface area (Å²) in [6, 6.07) is 9.62. The zero-order valence-electron chi connectivity index (χ0n) is 14.4. The summed E-state index contributed by atoms with van der Waals surface area (Å²) in [5.41, 5.74) is 2.25. The molecular weight excluding hydrogens is 332 g/mol. The van der Waals surface area contributed by atoms with Gasteiger partial charge in [0.05, 0.1) is 17.4 Å². The molecule has 1 saturated heterocycles. The fourth-order valence-corrected chi connectivity index (χ4v) is 3.15. The maximum atomic E-state index is 12.8. The van der Waals surface area contributed by atoms with Crippen LogP contribution in [0.15, 0.2) is 55.0 Å². The Balaban J connectivity index is 1.62. The molecule has 1 aliphatic heterocycles. The van der Waals surface area contributed by atoms with Gasteiger partial charge in [-0.1, -0.05) is 12.1 Å². The fourth-order valence-electron chi connectivity index (χ4n) is 3.15. The number of hydrogen-bond donors (Lipinski definition) is 1. The predicted molar refractivity (Wildman–Crippen MR) is 93.3 cm³/mol. The number of rotatable bonds is 4. The molecule has 0 bridgehead atoms. The molecule has 2 atom stereocenters. The highest BCUT2D eigenvalue weighted by Crippen LogP contribution is 2.29. The molecule has 1 aromatic carbocycles. The van der Waals surface area contributed by atoms with Crippen molar-refractivity contribution in [1.82, 2.24) is 29.8 Å². The predicted octanol–water partition coefficient (Wildman–Crippen LogP) is 1.96. The molecule has 132 valence electrons. The van der Waals surface area contributed by atoms with Crippen molar-refractivity contribution >= 4 is 11.9 Å². The molecule has 3 heterocycles. The van der Waals surface area contributed by atoms with Crippen molar-refractivity contribution in [3.05, 3.63) is 66.2 Å². The third kappa shape index (κ3) is 2.65. The van der Waals surface area contributed by atoms with Gasteiger partial charge in [0.2, 0.25) is 0 Å². The lowest BCUT2D eigenvalue weighted by atomic mass is 10.1. The number of amides is 3. The van der Waals surface area contributed by atoms with Gasteiger partial charge < -0.3 is 5.32 Å². The first kappa shape index (κ1) is 16.1. The Bertz CT molecular complexity index is 962. The average molecular weight is 350 g/mol. The second-order valence-corrected chi connectivity index (χ2v) is 6.23. The Kier molecular flexibility index (Phi) is 3.80. The van der Waals surface area contributed by atoms with Gasteiger partial charge in [0.1, 0.15) is 0 Å². The topological polar surface area (TPSA) is 85.1 Å². The lowest BCUT2D eigenvalue weighted by Gasteiger charge is -2.22. The van der Waals surface area contributed by atoms with Crippen LogP contribution in [0.5, 0.6) is 0 Å². The van der Waals surface area contributed by atoms with Crippen LogP contribution in [0.25, 0.3) is 5.69 Å². The zero-order valence-corrected chi connectivity index (χ0v) is 14.4. The fraction of sp³-hybridized carbons (Fsp3) is 0.222. The Hall–Kier alpha value is -3.42. The first-order chi connectivity index (χ1) is 12.5. The van der Waals surface area contributed by atoms with E-state index in [1.54, 1.807) is 34.9 Å². The van der Waals surface area contributed by atoms with E-state index in [4.69, 9.17) is 0 Å². The number of aromatic nitrogens is 4. The summed E-state index contributed by atoms with van der Waals surface area (Å²) < 4.78 is 3.34. The molecule has 8 nitrogen and oxygen atoms in total. The highest BCUT2D eigenvalue weighted by atomic mass is 16.2. The van der Waals surface area contributed by atoms with Gasteiger partial charge in [-0.2, -0.15) is 10.2 Å². The quantitative estimate of drug-likeness (QED) is 0.729. The second-order valence-electron chi connectivity index (χ2n) is 6.23. The molecule has 3 amide bonds. The first-order valence-corrected chi connectivity index (χ1v) is 8.27. The van der Waals surface area contributed by atoms with Gasteiger partial charge in [0, 0.05) is 25.6 Å². The van der Waals surface area contributed by atoms with Gasteiger partial charge in [-0.3, -0.25) is 14.4 Å². The van der Waals surface area contributed by atoms with Crippen LogP contribution in [0.1, 0.15) is 30.3 Å². The number of urea groups is 1. The van der Waals surface area contributed by atoms with E-state index in [2.05, 4.69) is 15.5 Å². The van der Waals surface area contributed by atoms with Crippen molar-refractivity contribution in [1.29, 1.82) is 0 Å². The smallest absolute Gasteiger partial charge is 0.320 e. The number of carbonyl (C=O) groups excluding carboxylic acids is 2. The Labute approximate surface area is 150 Å². The Morgan fingerprint density at radius 1 is 1.15 bits per heavy atom. The third-order valence-corrected chi connectivity index (χ3v) is 4.51. The molecule has 1 fully saturated rings. The summed E-state index contributed by atoms with van der Waals surface area (Å²) in [5, 5.41) is 11.2. The Morgan fingerprint density at radius 3 is 2.69 bits per heavy atom. The van der Waals surface area contributed by atoms with Gasteiger partial charge in [0.25, 0.3) is 5.91 Å². The normalized spacial score (nSPS) is 18.2. The molecule has 0 spiro atoms. The van der Waals surface area contributed by atoms with Crippen molar-refractivity contribution in [3.8, 4) is 5.69 Å². The van der Waals surface area contributed by atoms with E-state index in [0.717, 1.165) is 11.3 Å². The number of benzene rings is 1. The average Bonchev–Trinajstić information content (AvgIpc) is 3.36. The van der Waals surface area contributed by atoms with E-state index >= 15 is 0 Å². The summed E-state index contributed by atoms with van der Waals surface area (Å²) in [7, 11) is 1.77. The molecule has 1 N–H and O–H groups in total. The van der Waals surface area contributed by atoms with Crippen LogP contribution < -0.4 is 5.32 Å². The van der Waals surface area contributed by atoms with Gasteiger partial charge in [-0.15, -0.1) is 0 Å². The summed E-state index contributed by atoms with van der Waals surface area (Å²) in [5.74, 6) is -0.300. The van der Waals surface area contributed by atoms with Crippen LogP contribution in [0.2, 0.25) is 0 Å². The number of hydrogen-bond acceptors (Lipinski definition) is 4. The lowest BCUT2D eigenvalue weighted by molar-refractivity contribution is -0.129. The number of carbonyl (C=O) groups is 2. The van der Waals surface area contributed by atoms with E-state index < -0.39 is 18.1 Å². The maximum absolute atomic E-state index is 12.8. The van der Waals surface area contributed by atoms with Crippen molar-refractivity contribution in [2.24, 2.45) is 7.05 Å². The highest BCUT2D eigenvalue weighted by Gasteiger charge is 2.42. The SMILES string of the molecule is CC(c1cccc(-n2cccn2)c1)N1C(=O)NC(c2ccn(C)n2)C1=O. The van der Waals surface area contributed by atoms with Crippen molar-refractivity contribution in [2.45, 2.75) is 19.0 Å². The zero-order chi connectivity index (χ0) is 18.3. The van der Waals surface area contributed by atoms with Crippen LogP contribution in [0, 0.1) is 0 Å². The minimum absolute atomic E-state index is 0.300. The van der Waals surface area contributed by atoms with Gasteiger partial charge in [-0.25, -0.2) is 9.48 Å². The van der Waals surface area contributed by atoms with E-state index in [1.165, 1.54) is 4.90 Å². The number of imide groups is 1. The summed E-state index contributed by atoms with van der Waals surface area (Å²) in [4.78, 5) is 26.5. The van der Waals surface area contributed by atoms with Crippen LogP contribution in [0.3, 0.4) is 0 Å². The summed E-state index contributed by atoms with van der Waals surface area (Å²) in [6.45, 7) is 1.83. The van der Waals surface area contributed by atoms with Crippen LogP contribution in [-0.2, 0) is 11.8 Å². The minimum atomic E-state index is -0.750. The van der Waals surface area contributed by atoms with E-state index in [-0.39, 0.29) is 5.91 Å². The molecule has 8 heteroatoms. The standard InChI is InChI=1S/C18H18N6O2/c1-12(13-5-3-6-14(11-13)23-9-4-8-19-23)24-17(25)16(20-18(24)26)15-7-10-22(2)21-15/h3-12,16H,1-2H3,(H,20,26). The number of aryl methyl sites for hydroxylation is 1. The van der Waals surface area contributed by atoms with Crippen LogP contribution >= 0.6 is 0 Å². The molecule has 0 saturated carbocycles. The van der Waals surface area contributed by atoms with Crippen molar-refractivity contribution in [2.75, 3.05) is 0 Å². The molecule has 2 aromatic heterocycles. The van der Waals surface area contributed by atoms with E-state index in [9.17, 15) is 9.59 Å². The van der Waals surface area contributed by atoms with Crippen molar-refractivity contribution in [3.63, 3.8) is 0 Å². The van der Waals surface area contributed by atoms with Gasteiger partial charge in [0.15, 0.2) is 6.04 Å². The van der Waals surface area contributed by atoms with Crippen LogP contribution in [-0.4, -0.2) is 36.4 Å². The molecule has 3 aromatic rings. The number of nitrogens with zero attached hydrogens (tertiary/aromatic N) is 5. The molecule has 0 aliphatic carbocycles. The molecular formula is C18H18N6O2. The highest BCUT2D eigenvalue weighted by molar-refractivity contribution is 6.04. The first-order valence-electron chi connectivity index (χ1n) is 8.27. The summed E-state index contributed by atoms with van der Waals surface area (Å²) in [6.07, 6.45) is 5.29. The Morgan fingerprint density at radius 2 is 2.00 bits per heavy atom.